The summed E-state index contributed by atoms with van der Waals surface area (Å²) in [7, 11) is 0. The first-order valence-electron chi connectivity index (χ1n) is 9.66. The summed E-state index contributed by atoms with van der Waals surface area (Å²) in [4.78, 5) is 53.4. The lowest BCUT2D eigenvalue weighted by Gasteiger charge is -2.24. The molecule has 1 aliphatic heterocycles. The van der Waals surface area contributed by atoms with E-state index in [0.29, 0.717) is 17.0 Å². The summed E-state index contributed by atoms with van der Waals surface area (Å²) in [5, 5.41) is 5.18. The molecule has 31 heavy (non-hydrogen) atoms. The molecule has 10 heteroatoms. The van der Waals surface area contributed by atoms with Crippen LogP contribution in [0.5, 0.6) is 0 Å². The Morgan fingerprint density at radius 1 is 1.32 bits per heavy atom. The Morgan fingerprint density at radius 2 is 2.10 bits per heavy atom. The van der Waals surface area contributed by atoms with Gasteiger partial charge >= 0.3 is 0 Å². The molecule has 0 aliphatic carbocycles. The number of rotatable bonds is 8. The number of nitrogens with one attached hydrogen (secondary N) is 2. The number of carbonyl (C=O) groups is 3. The molecular formula is C21H22N4O6. The van der Waals surface area contributed by atoms with Crippen molar-refractivity contribution in [3.05, 3.63) is 34.4 Å². The van der Waals surface area contributed by atoms with Gasteiger partial charge in [-0.25, -0.2) is 4.98 Å². The molecule has 1 aromatic carbocycles. The highest BCUT2D eigenvalue weighted by atomic mass is 16.5. The Kier molecular flexibility index (Phi) is 7.12. The van der Waals surface area contributed by atoms with Gasteiger partial charge in [-0.2, -0.15) is 0 Å². The van der Waals surface area contributed by atoms with Gasteiger partial charge in [0.2, 0.25) is 17.7 Å². The van der Waals surface area contributed by atoms with Crippen molar-refractivity contribution < 1.29 is 23.9 Å². The van der Waals surface area contributed by atoms with Crippen LogP contribution in [0.4, 0.5) is 5.69 Å². The van der Waals surface area contributed by atoms with Crippen molar-refractivity contribution in [2.45, 2.75) is 25.8 Å². The van der Waals surface area contributed by atoms with Crippen LogP contribution in [-0.2, 0) is 23.9 Å². The number of hydrogen-bond donors (Lipinski definition) is 2. The molecule has 1 fully saturated rings. The third-order valence-corrected chi connectivity index (χ3v) is 4.69. The maximum absolute atomic E-state index is 13.1. The van der Waals surface area contributed by atoms with Crippen LogP contribution in [0.15, 0.2) is 23.0 Å². The summed E-state index contributed by atoms with van der Waals surface area (Å²) in [5.41, 5.74) is 0.236. The Morgan fingerprint density at radius 3 is 2.84 bits per heavy atom. The molecular weight excluding hydrogens is 404 g/mol. The van der Waals surface area contributed by atoms with Gasteiger partial charge < -0.3 is 14.8 Å². The lowest BCUT2D eigenvalue weighted by Crippen LogP contribution is -2.45. The smallest absolute Gasteiger partial charge is 0.262 e. The summed E-state index contributed by atoms with van der Waals surface area (Å²) < 4.78 is 11.6. The molecule has 2 heterocycles. The molecule has 10 nitrogen and oxygen atoms in total. The second-order valence-corrected chi connectivity index (χ2v) is 6.86. The number of terminal acetylenes is 1. The van der Waals surface area contributed by atoms with Crippen LogP contribution in [-0.4, -0.2) is 53.7 Å². The van der Waals surface area contributed by atoms with Crippen LogP contribution in [0.1, 0.15) is 24.7 Å². The van der Waals surface area contributed by atoms with Crippen LogP contribution in [0.25, 0.3) is 10.9 Å². The fourth-order valence-corrected chi connectivity index (χ4v) is 3.33. The van der Waals surface area contributed by atoms with E-state index in [1.54, 1.807) is 25.1 Å². The molecule has 3 amide bonds. The zero-order valence-electron chi connectivity index (χ0n) is 17.0. The van der Waals surface area contributed by atoms with Crippen molar-refractivity contribution in [1.29, 1.82) is 0 Å². The highest BCUT2D eigenvalue weighted by Crippen LogP contribution is 2.23. The van der Waals surface area contributed by atoms with Crippen LogP contribution >= 0.6 is 0 Å². The molecule has 162 valence electrons. The molecule has 1 unspecified atom stereocenters. The van der Waals surface area contributed by atoms with Crippen molar-refractivity contribution in [2.24, 2.45) is 0 Å². The first-order chi connectivity index (χ1) is 14.9. The average molecular weight is 426 g/mol. The highest BCUT2D eigenvalue weighted by Gasteiger charge is 2.30. The number of amides is 3. The molecule has 1 saturated heterocycles. The standard InChI is InChI=1S/C21H22N4O6/c1-3-9-30-10-11-31-12-18(27)23-15-6-4-5-14-19(15)22-13(2)25(21(14)29)16-7-8-17(26)24-20(16)28/h1,4-6,16H,7-12H2,2H3,(H,23,27)(H,24,26,28). The summed E-state index contributed by atoms with van der Waals surface area (Å²) >= 11 is 0. The highest BCUT2D eigenvalue weighted by molar-refractivity contribution is 6.01. The van der Waals surface area contributed by atoms with Crippen LogP contribution in [0.3, 0.4) is 0 Å². The van der Waals surface area contributed by atoms with Gasteiger partial charge in [-0.3, -0.25) is 29.1 Å². The molecule has 1 aromatic heterocycles. The number of aromatic nitrogens is 2. The van der Waals surface area contributed by atoms with Crippen LogP contribution < -0.4 is 16.2 Å². The van der Waals surface area contributed by atoms with Gasteiger partial charge in [0.1, 0.15) is 30.6 Å². The van der Waals surface area contributed by atoms with E-state index in [1.807, 2.05) is 0 Å². The largest absolute Gasteiger partial charge is 0.369 e. The maximum atomic E-state index is 13.1. The third-order valence-electron chi connectivity index (χ3n) is 4.69. The predicted molar refractivity (Wildman–Crippen MR) is 111 cm³/mol. The van der Waals surface area contributed by atoms with Gasteiger partial charge in [0, 0.05) is 6.42 Å². The molecule has 2 N–H and O–H groups in total. The molecule has 3 rings (SSSR count). The molecule has 1 atom stereocenters. The Hall–Kier alpha value is -3.55. The Labute approximate surface area is 177 Å². The molecule has 0 saturated carbocycles. The van der Waals surface area contributed by atoms with Gasteiger partial charge in [0.05, 0.1) is 24.3 Å². The van der Waals surface area contributed by atoms with E-state index in [1.165, 1.54) is 4.57 Å². The summed E-state index contributed by atoms with van der Waals surface area (Å²) in [6, 6.07) is 3.99. The lowest BCUT2D eigenvalue weighted by atomic mass is 10.1. The molecule has 0 spiro atoms. The van der Waals surface area contributed by atoms with Gasteiger partial charge in [0.25, 0.3) is 5.56 Å². The van der Waals surface area contributed by atoms with Crippen molar-refractivity contribution in [3.63, 3.8) is 0 Å². The van der Waals surface area contributed by atoms with E-state index in [4.69, 9.17) is 15.9 Å². The van der Waals surface area contributed by atoms with Crippen molar-refractivity contribution in [2.75, 3.05) is 31.7 Å². The van der Waals surface area contributed by atoms with Gasteiger partial charge in [-0.05, 0) is 25.5 Å². The second-order valence-electron chi connectivity index (χ2n) is 6.86. The number of imide groups is 1. The SMILES string of the molecule is C#CCOCCOCC(=O)Nc1cccc2c(=O)n(C3CCC(=O)NC3=O)c(C)nc12. The fourth-order valence-electron chi connectivity index (χ4n) is 3.33. The fraction of sp³-hybridized carbons (Fsp3) is 0.381. The monoisotopic (exact) mass is 426 g/mol. The van der Waals surface area contributed by atoms with E-state index in [2.05, 4.69) is 21.5 Å². The van der Waals surface area contributed by atoms with Crippen molar-refractivity contribution >= 4 is 34.3 Å². The normalized spacial score (nSPS) is 16.1. The van der Waals surface area contributed by atoms with E-state index in [0.717, 1.165) is 0 Å². The topological polar surface area (TPSA) is 129 Å². The average Bonchev–Trinajstić information content (AvgIpc) is 2.73. The zero-order valence-corrected chi connectivity index (χ0v) is 17.0. The first kappa shape index (κ1) is 22.1. The molecule has 1 aliphatic rings. The predicted octanol–water partition coefficient (Wildman–Crippen LogP) is 0.288. The van der Waals surface area contributed by atoms with Gasteiger partial charge in [-0.15, -0.1) is 6.42 Å². The van der Waals surface area contributed by atoms with Crippen LogP contribution in [0, 0.1) is 19.3 Å². The Bertz CT molecular complexity index is 1120. The molecule has 0 bridgehead atoms. The van der Waals surface area contributed by atoms with E-state index in [9.17, 15) is 19.2 Å². The molecule has 2 aromatic rings. The summed E-state index contributed by atoms with van der Waals surface area (Å²) in [5.74, 6) is 1.31. The quantitative estimate of drug-likeness (QED) is 0.353. The second kappa shape index (κ2) is 9.97. The third kappa shape index (κ3) is 5.14. The minimum atomic E-state index is -0.814. The number of hydrogen-bond acceptors (Lipinski definition) is 7. The minimum Gasteiger partial charge on any atom is -0.369 e. The lowest BCUT2D eigenvalue weighted by molar-refractivity contribution is -0.135. The maximum Gasteiger partial charge on any atom is 0.262 e. The first-order valence-corrected chi connectivity index (χ1v) is 9.66. The number of benzene rings is 1. The van der Waals surface area contributed by atoms with E-state index in [-0.39, 0.29) is 50.6 Å². The van der Waals surface area contributed by atoms with Crippen molar-refractivity contribution in [1.82, 2.24) is 14.9 Å². The minimum absolute atomic E-state index is 0.143. The number of piperidine rings is 1. The van der Waals surface area contributed by atoms with Crippen LogP contribution in [0.2, 0.25) is 0 Å². The number of anilines is 1. The number of nitrogens with zero attached hydrogens (tertiary/aromatic N) is 2. The number of aryl methyl sites for hydroxylation is 1. The summed E-state index contributed by atoms with van der Waals surface area (Å²) in [6.45, 7) is 2.04. The zero-order chi connectivity index (χ0) is 22.4. The number of fused-ring (bicyclic) bond motifs is 1. The van der Waals surface area contributed by atoms with E-state index >= 15 is 0 Å². The number of carbonyl (C=O) groups excluding carboxylic acids is 3. The van der Waals surface area contributed by atoms with Crippen molar-refractivity contribution in [3.8, 4) is 12.3 Å². The Balaban J connectivity index is 1.78. The van der Waals surface area contributed by atoms with Gasteiger partial charge in [-0.1, -0.05) is 12.0 Å². The van der Waals surface area contributed by atoms with E-state index < -0.39 is 23.4 Å². The number of para-hydroxylation sites is 1. The number of ether oxygens (including phenoxy) is 2. The van der Waals surface area contributed by atoms with Gasteiger partial charge in [0.15, 0.2) is 0 Å². The summed E-state index contributed by atoms with van der Waals surface area (Å²) in [6.07, 6.45) is 5.43. The molecule has 0 radical (unpaired) electrons.